The zero-order valence-corrected chi connectivity index (χ0v) is 16.6. The van der Waals surface area contributed by atoms with Crippen molar-refractivity contribution in [2.24, 2.45) is 0 Å². The number of thioether (sulfide) groups is 1. The number of ether oxygens (including phenoxy) is 2. The Morgan fingerprint density at radius 2 is 1.79 bits per heavy atom. The average Bonchev–Trinajstić information content (AvgIpc) is 2.95. The summed E-state index contributed by atoms with van der Waals surface area (Å²) in [4.78, 5) is 25.4. The van der Waals surface area contributed by atoms with Crippen molar-refractivity contribution in [2.75, 3.05) is 13.7 Å². The summed E-state index contributed by atoms with van der Waals surface area (Å²) in [5, 5.41) is 8.63. The van der Waals surface area contributed by atoms with Gasteiger partial charge in [-0.25, -0.2) is 4.79 Å². The lowest BCUT2D eigenvalue weighted by Crippen LogP contribution is -2.27. The second-order valence-corrected chi connectivity index (χ2v) is 7.54. The van der Waals surface area contributed by atoms with Gasteiger partial charge in [0, 0.05) is 0 Å². The lowest BCUT2D eigenvalue weighted by atomic mass is 10.2. The molecular formula is C20H17NO5S2. The highest BCUT2D eigenvalue weighted by atomic mass is 32.2. The van der Waals surface area contributed by atoms with Gasteiger partial charge in [0.1, 0.15) is 15.8 Å². The van der Waals surface area contributed by atoms with Gasteiger partial charge in [0.15, 0.2) is 6.61 Å². The second-order valence-electron chi connectivity index (χ2n) is 5.87. The number of nitrogens with zero attached hydrogens (tertiary/aromatic N) is 1. The maximum absolute atomic E-state index is 12.7. The maximum atomic E-state index is 12.7. The summed E-state index contributed by atoms with van der Waals surface area (Å²) in [5.74, 6) is 0.0260. The van der Waals surface area contributed by atoms with Gasteiger partial charge in [-0.2, -0.15) is 0 Å². The van der Waals surface area contributed by atoms with Crippen molar-refractivity contribution < 1.29 is 24.2 Å². The van der Waals surface area contributed by atoms with Gasteiger partial charge in [-0.1, -0.05) is 48.2 Å². The lowest BCUT2D eigenvalue weighted by Gasteiger charge is -2.14. The van der Waals surface area contributed by atoms with Crippen molar-refractivity contribution in [2.45, 2.75) is 6.54 Å². The molecule has 1 heterocycles. The molecule has 0 atom stereocenters. The summed E-state index contributed by atoms with van der Waals surface area (Å²) in [6.45, 7) is -0.00265. The largest absolute Gasteiger partial charge is 0.497 e. The smallest absolute Gasteiger partial charge is 0.341 e. The molecule has 28 heavy (non-hydrogen) atoms. The number of rotatable bonds is 7. The SMILES string of the molecule is COc1ccc(CN2C(=O)/C(=C/c3ccc(OCC(=O)O)cc3)SC2=S)cc1. The van der Waals surface area contributed by atoms with E-state index in [1.807, 2.05) is 24.3 Å². The van der Waals surface area contributed by atoms with Crippen LogP contribution in [0.25, 0.3) is 6.08 Å². The predicted molar refractivity (Wildman–Crippen MR) is 111 cm³/mol. The van der Waals surface area contributed by atoms with E-state index in [1.54, 1.807) is 42.4 Å². The topological polar surface area (TPSA) is 76.1 Å². The quantitative estimate of drug-likeness (QED) is 0.547. The maximum Gasteiger partial charge on any atom is 0.341 e. The number of amides is 1. The van der Waals surface area contributed by atoms with Crippen molar-refractivity contribution in [1.29, 1.82) is 0 Å². The average molecular weight is 415 g/mol. The first kappa shape index (κ1) is 19.9. The summed E-state index contributed by atoms with van der Waals surface area (Å²) in [6, 6.07) is 14.3. The molecule has 1 amide bonds. The van der Waals surface area contributed by atoms with Crippen LogP contribution in [0.4, 0.5) is 0 Å². The Balaban J connectivity index is 1.68. The van der Waals surface area contributed by atoms with Gasteiger partial charge in [0.05, 0.1) is 18.6 Å². The summed E-state index contributed by atoms with van der Waals surface area (Å²) in [7, 11) is 1.60. The summed E-state index contributed by atoms with van der Waals surface area (Å²) >= 11 is 6.62. The normalized spacial score (nSPS) is 15.2. The molecule has 2 aromatic rings. The van der Waals surface area contributed by atoms with Crippen LogP contribution in [-0.4, -0.2) is 39.9 Å². The molecule has 0 unspecified atom stereocenters. The van der Waals surface area contributed by atoms with Gasteiger partial charge in [0.25, 0.3) is 5.91 Å². The van der Waals surface area contributed by atoms with Crippen LogP contribution in [0, 0.1) is 0 Å². The Labute approximate surface area is 171 Å². The van der Waals surface area contributed by atoms with Crippen molar-refractivity contribution in [3.63, 3.8) is 0 Å². The zero-order valence-electron chi connectivity index (χ0n) is 15.0. The van der Waals surface area contributed by atoms with Crippen LogP contribution in [0.2, 0.25) is 0 Å². The molecule has 0 aromatic heterocycles. The molecule has 1 aliphatic heterocycles. The number of hydrogen-bond donors (Lipinski definition) is 1. The molecule has 1 saturated heterocycles. The molecule has 0 spiro atoms. The van der Waals surface area contributed by atoms with Crippen LogP contribution in [0.5, 0.6) is 11.5 Å². The van der Waals surface area contributed by atoms with Crippen molar-refractivity contribution >= 4 is 46.3 Å². The number of carboxylic acids is 1. The monoisotopic (exact) mass is 415 g/mol. The molecule has 0 aliphatic carbocycles. The highest BCUT2D eigenvalue weighted by molar-refractivity contribution is 8.26. The third-order valence-corrected chi connectivity index (χ3v) is 5.29. The van der Waals surface area contributed by atoms with Crippen LogP contribution in [0.3, 0.4) is 0 Å². The van der Waals surface area contributed by atoms with Gasteiger partial charge >= 0.3 is 5.97 Å². The minimum absolute atomic E-state index is 0.142. The number of carboxylic acid groups (broad SMARTS) is 1. The Kier molecular flexibility index (Phi) is 6.33. The van der Waals surface area contributed by atoms with E-state index in [4.69, 9.17) is 26.8 Å². The third kappa shape index (κ3) is 4.90. The molecule has 144 valence electrons. The van der Waals surface area contributed by atoms with Crippen molar-refractivity contribution in [1.82, 2.24) is 4.90 Å². The molecule has 1 fully saturated rings. The standard InChI is InChI=1S/C20H17NO5S2/c1-25-15-6-4-14(5-7-15)11-21-19(24)17(28-20(21)27)10-13-2-8-16(9-3-13)26-12-18(22)23/h2-10H,11-12H2,1H3,(H,22,23)/b17-10-. The number of methoxy groups -OCH3 is 1. The fourth-order valence-corrected chi connectivity index (χ4v) is 3.76. The summed E-state index contributed by atoms with van der Waals surface area (Å²) < 4.78 is 10.8. The fraction of sp³-hybridized carbons (Fsp3) is 0.150. The molecule has 0 bridgehead atoms. The Bertz CT molecular complexity index is 923. The molecule has 2 aromatic carbocycles. The third-order valence-electron chi connectivity index (χ3n) is 3.91. The van der Waals surface area contributed by atoms with E-state index in [1.165, 1.54) is 11.8 Å². The number of hydrogen-bond acceptors (Lipinski definition) is 6. The first-order chi connectivity index (χ1) is 13.5. The Morgan fingerprint density at radius 3 is 2.39 bits per heavy atom. The van der Waals surface area contributed by atoms with Crippen molar-refractivity contribution in [3.05, 3.63) is 64.6 Å². The van der Waals surface area contributed by atoms with E-state index in [9.17, 15) is 9.59 Å². The highest BCUT2D eigenvalue weighted by Gasteiger charge is 2.31. The van der Waals surface area contributed by atoms with Gasteiger partial charge < -0.3 is 14.6 Å². The van der Waals surface area contributed by atoms with Crippen LogP contribution < -0.4 is 9.47 Å². The zero-order chi connectivity index (χ0) is 20.1. The second kappa shape index (κ2) is 8.90. The van der Waals surface area contributed by atoms with Gasteiger partial charge in [-0.05, 0) is 41.5 Å². The number of carbonyl (C=O) groups is 2. The number of benzene rings is 2. The minimum atomic E-state index is -1.04. The van der Waals surface area contributed by atoms with Crippen molar-refractivity contribution in [3.8, 4) is 11.5 Å². The molecule has 1 aliphatic rings. The predicted octanol–water partition coefficient (Wildman–Crippen LogP) is 3.56. The lowest BCUT2D eigenvalue weighted by molar-refractivity contribution is -0.139. The van der Waals surface area contributed by atoms with E-state index in [0.29, 0.717) is 21.5 Å². The molecule has 6 nitrogen and oxygen atoms in total. The fourth-order valence-electron chi connectivity index (χ4n) is 2.51. The van der Waals surface area contributed by atoms with Gasteiger partial charge in [-0.15, -0.1) is 0 Å². The van der Waals surface area contributed by atoms with Crippen LogP contribution in [0.1, 0.15) is 11.1 Å². The highest BCUT2D eigenvalue weighted by Crippen LogP contribution is 2.34. The summed E-state index contributed by atoms with van der Waals surface area (Å²) in [5.41, 5.74) is 1.76. The molecule has 0 saturated carbocycles. The summed E-state index contributed by atoms with van der Waals surface area (Å²) in [6.07, 6.45) is 1.76. The number of carbonyl (C=O) groups excluding carboxylic acids is 1. The van der Waals surface area contributed by atoms with Gasteiger partial charge in [-0.3, -0.25) is 9.69 Å². The Morgan fingerprint density at radius 1 is 1.14 bits per heavy atom. The van der Waals surface area contributed by atoms with E-state index in [2.05, 4.69) is 0 Å². The molecular weight excluding hydrogens is 398 g/mol. The first-order valence-corrected chi connectivity index (χ1v) is 9.51. The first-order valence-electron chi connectivity index (χ1n) is 8.29. The molecule has 0 radical (unpaired) electrons. The molecule has 3 rings (SSSR count). The minimum Gasteiger partial charge on any atom is -0.497 e. The molecule has 8 heteroatoms. The number of aliphatic carboxylic acids is 1. The van der Waals surface area contributed by atoms with E-state index >= 15 is 0 Å². The van der Waals surface area contributed by atoms with Crippen LogP contribution in [-0.2, 0) is 16.1 Å². The van der Waals surface area contributed by atoms with Gasteiger partial charge in [0.2, 0.25) is 0 Å². The van der Waals surface area contributed by atoms with E-state index in [0.717, 1.165) is 16.9 Å². The van der Waals surface area contributed by atoms with E-state index < -0.39 is 12.6 Å². The van der Waals surface area contributed by atoms with Crippen LogP contribution >= 0.6 is 24.0 Å². The van der Waals surface area contributed by atoms with E-state index in [-0.39, 0.29) is 5.91 Å². The molecule has 1 N–H and O–H groups in total. The Hall–Kier alpha value is -2.84. The van der Waals surface area contributed by atoms with Crippen LogP contribution in [0.15, 0.2) is 53.4 Å². The number of thiocarbonyl (C=S) groups is 1.